The van der Waals surface area contributed by atoms with Crippen molar-refractivity contribution in [1.29, 1.82) is 0 Å². The van der Waals surface area contributed by atoms with Crippen molar-refractivity contribution in [3.05, 3.63) is 46.5 Å². The second-order valence-electron chi connectivity index (χ2n) is 6.39. The zero-order valence-corrected chi connectivity index (χ0v) is 17.6. The van der Waals surface area contributed by atoms with Crippen LogP contribution < -0.4 is 15.8 Å². The number of aromatic nitrogens is 1. The SMILES string of the molecule is Cc1nc(N2CCOCC2)sc1C(=O)NNC(=O)C(C)SCc1ccccc1. The van der Waals surface area contributed by atoms with Gasteiger partial charge in [-0.15, -0.1) is 11.8 Å². The third-order valence-corrected chi connectivity index (χ3v) is 6.72. The predicted molar refractivity (Wildman–Crippen MR) is 113 cm³/mol. The van der Waals surface area contributed by atoms with Gasteiger partial charge in [0.05, 0.1) is 24.2 Å². The third-order valence-electron chi connectivity index (χ3n) is 4.28. The Morgan fingerprint density at radius 3 is 2.68 bits per heavy atom. The van der Waals surface area contributed by atoms with Gasteiger partial charge in [0.2, 0.25) is 0 Å². The van der Waals surface area contributed by atoms with Crippen LogP contribution in [0.4, 0.5) is 5.13 Å². The number of thiazole rings is 1. The topological polar surface area (TPSA) is 83.6 Å². The number of rotatable bonds is 6. The summed E-state index contributed by atoms with van der Waals surface area (Å²) in [5.74, 6) is 0.160. The van der Waals surface area contributed by atoms with E-state index in [0.717, 1.165) is 29.5 Å². The minimum absolute atomic E-state index is 0.232. The molecule has 2 heterocycles. The van der Waals surface area contributed by atoms with E-state index in [4.69, 9.17) is 4.74 Å². The van der Waals surface area contributed by atoms with Gasteiger partial charge in [-0.05, 0) is 19.4 Å². The van der Waals surface area contributed by atoms with Crippen molar-refractivity contribution in [1.82, 2.24) is 15.8 Å². The van der Waals surface area contributed by atoms with Crippen LogP contribution >= 0.6 is 23.1 Å². The Kier molecular flexibility index (Phi) is 7.30. The third kappa shape index (κ3) is 5.46. The van der Waals surface area contributed by atoms with Crippen molar-refractivity contribution in [3.8, 4) is 0 Å². The number of carbonyl (C=O) groups is 2. The van der Waals surface area contributed by atoms with Gasteiger partial charge < -0.3 is 9.64 Å². The fraction of sp³-hybridized carbons (Fsp3) is 0.421. The average molecular weight is 421 g/mol. The van der Waals surface area contributed by atoms with Crippen LogP contribution in [0.3, 0.4) is 0 Å². The van der Waals surface area contributed by atoms with Crippen molar-refractivity contribution in [2.75, 3.05) is 31.2 Å². The highest BCUT2D eigenvalue weighted by Crippen LogP contribution is 2.26. The Bertz CT molecular complexity index is 807. The Balaban J connectivity index is 1.49. The van der Waals surface area contributed by atoms with Gasteiger partial charge >= 0.3 is 0 Å². The first-order valence-electron chi connectivity index (χ1n) is 9.10. The van der Waals surface area contributed by atoms with E-state index in [1.54, 1.807) is 6.92 Å². The Morgan fingerprint density at radius 1 is 1.25 bits per heavy atom. The molecule has 0 bridgehead atoms. The second-order valence-corrected chi connectivity index (χ2v) is 8.70. The number of ether oxygens (including phenoxy) is 1. The summed E-state index contributed by atoms with van der Waals surface area (Å²) in [4.78, 5) is 31.8. The molecule has 0 spiro atoms. The first-order chi connectivity index (χ1) is 13.5. The van der Waals surface area contributed by atoms with Gasteiger partial charge in [-0.2, -0.15) is 0 Å². The number of thioether (sulfide) groups is 1. The molecule has 2 amide bonds. The van der Waals surface area contributed by atoms with Crippen molar-refractivity contribution >= 4 is 40.0 Å². The number of amides is 2. The summed E-state index contributed by atoms with van der Waals surface area (Å²) in [7, 11) is 0. The highest BCUT2D eigenvalue weighted by Gasteiger charge is 2.21. The number of anilines is 1. The van der Waals surface area contributed by atoms with E-state index in [9.17, 15) is 9.59 Å². The molecule has 0 aliphatic carbocycles. The fourth-order valence-corrected chi connectivity index (χ4v) is 4.49. The number of aryl methyl sites for hydroxylation is 1. The molecular weight excluding hydrogens is 396 g/mol. The van der Waals surface area contributed by atoms with Crippen LogP contribution in [0.2, 0.25) is 0 Å². The Hall–Kier alpha value is -2.10. The molecular formula is C19H24N4O3S2. The fourth-order valence-electron chi connectivity index (χ4n) is 2.63. The molecule has 1 saturated heterocycles. The summed E-state index contributed by atoms with van der Waals surface area (Å²) < 4.78 is 5.35. The molecule has 7 nitrogen and oxygen atoms in total. The van der Waals surface area contributed by atoms with E-state index >= 15 is 0 Å². The molecule has 1 aromatic heterocycles. The van der Waals surface area contributed by atoms with Gasteiger partial charge in [0.15, 0.2) is 5.13 Å². The molecule has 1 unspecified atom stereocenters. The zero-order chi connectivity index (χ0) is 19.9. The van der Waals surface area contributed by atoms with Crippen LogP contribution in [-0.2, 0) is 15.3 Å². The summed E-state index contributed by atoms with van der Waals surface area (Å²) in [6.45, 7) is 6.48. The summed E-state index contributed by atoms with van der Waals surface area (Å²) in [5.41, 5.74) is 6.85. The maximum Gasteiger partial charge on any atom is 0.281 e. The molecule has 3 rings (SSSR count). The lowest BCUT2D eigenvalue weighted by molar-refractivity contribution is -0.121. The van der Waals surface area contributed by atoms with E-state index in [1.807, 2.05) is 37.3 Å². The number of nitrogens with one attached hydrogen (secondary N) is 2. The van der Waals surface area contributed by atoms with Crippen LogP contribution in [0, 0.1) is 6.92 Å². The van der Waals surface area contributed by atoms with E-state index in [2.05, 4.69) is 20.7 Å². The molecule has 1 fully saturated rings. The van der Waals surface area contributed by atoms with Crippen molar-refractivity contribution in [2.24, 2.45) is 0 Å². The van der Waals surface area contributed by atoms with Crippen LogP contribution in [-0.4, -0.2) is 48.4 Å². The molecule has 0 radical (unpaired) electrons. The largest absolute Gasteiger partial charge is 0.378 e. The number of carbonyl (C=O) groups excluding carboxylic acids is 2. The smallest absolute Gasteiger partial charge is 0.281 e. The molecule has 9 heteroatoms. The number of morpholine rings is 1. The van der Waals surface area contributed by atoms with Crippen molar-refractivity contribution in [2.45, 2.75) is 24.9 Å². The maximum absolute atomic E-state index is 12.5. The summed E-state index contributed by atoms with van der Waals surface area (Å²) in [5, 5.41) is 0.524. The quantitative estimate of drug-likeness (QED) is 0.698. The van der Waals surface area contributed by atoms with Crippen LogP contribution in [0.25, 0.3) is 0 Å². The lowest BCUT2D eigenvalue weighted by Crippen LogP contribution is -2.44. The van der Waals surface area contributed by atoms with E-state index in [0.29, 0.717) is 23.8 Å². The molecule has 28 heavy (non-hydrogen) atoms. The number of hydrogen-bond donors (Lipinski definition) is 2. The highest BCUT2D eigenvalue weighted by molar-refractivity contribution is 7.99. The van der Waals surface area contributed by atoms with Gasteiger partial charge in [0.25, 0.3) is 11.8 Å². The summed E-state index contributed by atoms with van der Waals surface area (Å²) in [6, 6.07) is 9.97. The minimum Gasteiger partial charge on any atom is -0.378 e. The first-order valence-corrected chi connectivity index (χ1v) is 11.0. The number of benzene rings is 1. The Morgan fingerprint density at radius 2 is 1.96 bits per heavy atom. The van der Waals surface area contributed by atoms with Gasteiger partial charge in [-0.25, -0.2) is 4.98 Å². The van der Waals surface area contributed by atoms with Crippen molar-refractivity contribution in [3.63, 3.8) is 0 Å². The molecule has 1 aliphatic heterocycles. The normalized spacial score (nSPS) is 15.1. The van der Waals surface area contributed by atoms with Gasteiger partial charge in [0, 0.05) is 18.8 Å². The lowest BCUT2D eigenvalue weighted by atomic mass is 10.2. The van der Waals surface area contributed by atoms with Gasteiger partial charge in [-0.3, -0.25) is 20.4 Å². The first kappa shape index (κ1) is 20.6. The van der Waals surface area contributed by atoms with E-state index in [-0.39, 0.29) is 17.1 Å². The maximum atomic E-state index is 12.5. The van der Waals surface area contributed by atoms with Crippen LogP contribution in [0.1, 0.15) is 27.9 Å². The zero-order valence-electron chi connectivity index (χ0n) is 15.9. The minimum atomic E-state index is -0.344. The average Bonchev–Trinajstić information content (AvgIpc) is 3.13. The molecule has 1 aromatic carbocycles. The van der Waals surface area contributed by atoms with Crippen LogP contribution in [0.15, 0.2) is 30.3 Å². The molecule has 2 N–H and O–H groups in total. The molecule has 2 aromatic rings. The molecule has 150 valence electrons. The monoisotopic (exact) mass is 420 g/mol. The number of nitrogens with zero attached hydrogens (tertiary/aromatic N) is 2. The number of hydrogen-bond acceptors (Lipinski definition) is 7. The Labute approximate surface area is 172 Å². The second kappa shape index (κ2) is 9.90. The van der Waals surface area contributed by atoms with Gasteiger partial charge in [0.1, 0.15) is 4.88 Å². The van der Waals surface area contributed by atoms with Crippen LogP contribution in [0.5, 0.6) is 0 Å². The molecule has 0 saturated carbocycles. The highest BCUT2D eigenvalue weighted by atomic mass is 32.2. The molecule has 1 aliphatic rings. The van der Waals surface area contributed by atoms with E-state index in [1.165, 1.54) is 23.1 Å². The van der Waals surface area contributed by atoms with E-state index < -0.39 is 0 Å². The summed E-state index contributed by atoms with van der Waals surface area (Å²) in [6.07, 6.45) is 0. The number of hydrazine groups is 1. The van der Waals surface area contributed by atoms with Crippen molar-refractivity contribution < 1.29 is 14.3 Å². The summed E-state index contributed by atoms with van der Waals surface area (Å²) >= 11 is 2.85. The predicted octanol–water partition coefficient (Wildman–Crippen LogP) is 2.37. The molecule has 1 atom stereocenters. The lowest BCUT2D eigenvalue weighted by Gasteiger charge is -2.25. The standard InChI is InChI=1S/C19H24N4O3S2/c1-13-16(28-19(20-13)23-8-10-26-11-9-23)18(25)22-21-17(24)14(2)27-12-15-6-4-3-5-7-15/h3-7,14H,8-12H2,1-2H3,(H,21,24)(H,22,25). The van der Waals surface area contributed by atoms with Gasteiger partial charge in [-0.1, -0.05) is 41.7 Å².